The molecule has 3 heteroatoms. The Morgan fingerprint density at radius 3 is 2.69 bits per heavy atom. The molecule has 0 saturated carbocycles. The molecule has 1 aromatic heterocycles. The standard InChI is InChI=1S/C10H12N2O/c1-7-4-5-9-10(6-7)12(13)8(2)11(9)3/h4-6H,1-3H3. The van der Waals surface area contributed by atoms with Crippen LogP contribution >= 0.6 is 0 Å². The van der Waals surface area contributed by atoms with Crippen molar-refractivity contribution in [3.63, 3.8) is 0 Å². The predicted octanol–water partition coefficient (Wildman–Crippen LogP) is 1.43. The molecule has 0 N–H and O–H groups in total. The molecule has 0 aliphatic carbocycles. The third-order valence-corrected chi connectivity index (χ3v) is 2.49. The number of hydrogen-bond donors (Lipinski definition) is 0. The van der Waals surface area contributed by atoms with E-state index in [4.69, 9.17) is 0 Å². The van der Waals surface area contributed by atoms with E-state index in [1.54, 1.807) is 0 Å². The van der Waals surface area contributed by atoms with Gasteiger partial charge in [-0.05, 0) is 24.6 Å². The van der Waals surface area contributed by atoms with Crippen molar-refractivity contribution in [2.45, 2.75) is 13.8 Å². The van der Waals surface area contributed by atoms with Crippen LogP contribution in [0.4, 0.5) is 0 Å². The van der Waals surface area contributed by atoms with Crippen molar-refractivity contribution < 1.29 is 4.73 Å². The Bertz CT molecular complexity index is 471. The zero-order valence-corrected chi connectivity index (χ0v) is 8.03. The van der Waals surface area contributed by atoms with Gasteiger partial charge in [0.05, 0.1) is 7.05 Å². The number of aromatic nitrogens is 2. The smallest absolute Gasteiger partial charge is 0.257 e. The summed E-state index contributed by atoms with van der Waals surface area (Å²) in [5, 5.41) is 11.6. The summed E-state index contributed by atoms with van der Waals surface area (Å²) >= 11 is 0. The van der Waals surface area contributed by atoms with E-state index in [0.717, 1.165) is 27.2 Å². The molecule has 0 unspecified atom stereocenters. The molecular formula is C10H12N2O. The molecule has 0 radical (unpaired) electrons. The van der Waals surface area contributed by atoms with Crippen LogP contribution in [0.2, 0.25) is 0 Å². The highest BCUT2D eigenvalue weighted by molar-refractivity contribution is 5.73. The van der Waals surface area contributed by atoms with Gasteiger partial charge in [0, 0.05) is 6.92 Å². The summed E-state index contributed by atoms with van der Waals surface area (Å²) in [6.45, 7) is 3.81. The summed E-state index contributed by atoms with van der Waals surface area (Å²) in [4.78, 5) is 0. The summed E-state index contributed by atoms with van der Waals surface area (Å²) in [5.41, 5.74) is 2.85. The average molecular weight is 176 g/mol. The summed E-state index contributed by atoms with van der Waals surface area (Å²) in [7, 11) is 1.90. The molecule has 3 nitrogen and oxygen atoms in total. The Labute approximate surface area is 76.8 Å². The molecule has 0 aliphatic rings. The van der Waals surface area contributed by atoms with Crippen molar-refractivity contribution in [2.24, 2.45) is 7.05 Å². The number of fused-ring (bicyclic) bond motifs is 1. The first kappa shape index (κ1) is 8.10. The Kier molecular flexibility index (Phi) is 1.55. The van der Waals surface area contributed by atoms with Crippen molar-refractivity contribution in [2.75, 3.05) is 0 Å². The second-order valence-electron chi connectivity index (χ2n) is 3.39. The van der Waals surface area contributed by atoms with Crippen molar-refractivity contribution in [3.05, 3.63) is 34.8 Å². The van der Waals surface area contributed by atoms with E-state index in [1.165, 1.54) is 0 Å². The van der Waals surface area contributed by atoms with Gasteiger partial charge in [-0.25, -0.2) is 9.30 Å². The largest absolute Gasteiger partial charge is 0.710 e. The number of benzene rings is 1. The number of imidazole rings is 1. The molecular weight excluding hydrogens is 164 g/mol. The molecule has 2 aromatic rings. The Balaban J connectivity index is 2.95. The van der Waals surface area contributed by atoms with E-state index in [0.29, 0.717) is 0 Å². The van der Waals surface area contributed by atoms with Crippen LogP contribution in [0.15, 0.2) is 18.2 Å². The van der Waals surface area contributed by atoms with Crippen LogP contribution in [0.3, 0.4) is 0 Å². The first-order valence-electron chi connectivity index (χ1n) is 4.26. The maximum atomic E-state index is 11.6. The minimum atomic E-state index is 0.723. The van der Waals surface area contributed by atoms with Crippen molar-refractivity contribution in [3.8, 4) is 0 Å². The van der Waals surface area contributed by atoms with Gasteiger partial charge in [0.2, 0.25) is 0 Å². The van der Waals surface area contributed by atoms with Gasteiger partial charge in [-0.3, -0.25) is 0 Å². The normalized spacial score (nSPS) is 11.0. The van der Waals surface area contributed by atoms with Crippen LogP contribution in [-0.4, -0.2) is 4.57 Å². The summed E-state index contributed by atoms with van der Waals surface area (Å²) < 4.78 is 2.88. The summed E-state index contributed by atoms with van der Waals surface area (Å²) in [6.07, 6.45) is 0. The van der Waals surface area contributed by atoms with Gasteiger partial charge in [0.1, 0.15) is 0 Å². The fourth-order valence-corrected chi connectivity index (χ4v) is 1.56. The number of hydrogen-bond acceptors (Lipinski definition) is 1. The first-order valence-corrected chi connectivity index (χ1v) is 4.26. The third kappa shape index (κ3) is 1.00. The van der Waals surface area contributed by atoms with Crippen LogP contribution in [0, 0.1) is 19.1 Å². The predicted molar refractivity (Wildman–Crippen MR) is 51.4 cm³/mol. The van der Waals surface area contributed by atoms with Gasteiger partial charge in [0.25, 0.3) is 5.82 Å². The highest BCUT2D eigenvalue weighted by Gasteiger charge is 2.13. The molecule has 68 valence electrons. The monoisotopic (exact) mass is 176 g/mol. The zero-order chi connectivity index (χ0) is 9.59. The third-order valence-electron chi connectivity index (χ3n) is 2.49. The van der Waals surface area contributed by atoms with Gasteiger partial charge < -0.3 is 5.21 Å². The fourth-order valence-electron chi connectivity index (χ4n) is 1.56. The number of aryl methyl sites for hydroxylation is 2. The topological polar surface area (TPSA) is 31.9 Å². The van der Waals surface area contributed by atoms with Crippen molar-refractivity contribution >= 4 is 11.0 Å². The SMILES string of the molecule is Cc1ccc2c(c1)[n+]([O-])c(C)n2C. The summed E-state index contributed by atoms with van der Waals surface area (Å²) in [6, 6.07) is 5.91. The van der Waals surface area contributed by atoms with E-state index in [-0.39, 0.29) is 0 Å². The first-order chi connectivity index (χ1) is 6.11. The van der Waals surface area contributed by atoms with Crippen LogP contribution in [0.25, 0.3) is 11.0 Å². The molecule has 0 amide bonds. The van der Waals surface area contributed by atoms with E-state index >= 15 is 0 Å². The lowest BCUT2D eigenvalue weighted by Crippen LogP contribution is -2.28. The lowest BCUT2D eigenvalue weighted by Gasteiger charge is -1.98. The lowest BCUT2D eigenvalue weighted by atomic mass is 10.2. The van der Waals surface area contributed by atoms with Gasteiger partial charge in [-0.2, -0.15) is 0 Å². The fraction of sp³-hybridized carbons (Fsp3) is 0.300. The zero-order valence-electron chi connectivity index (χ0n) is 8.03. The van der Waals surface area contributed by atoms with Crippen LogP contribution in [-0.2, 0) is 7.05 Å². The van der Waals surface area contributed by atoms with Crippen LogP contribution in [0.5, 0.6) is 0 Å². The second-order valence-corrected chi connectivity index (χ2v) is 3.39. The van der Waals surface area contributed by atoms with Crippen molar-refractivity contribution in [1.82, 2.24) is 4.57 Å². The Morgan fingerprint density at radius 2 is 2.00 bits per heavy atom. The quantitative estimate of drug-likeness (QED) is 0.441. The lowest BCUT2D eigenvalue weighted by molar-refractivity contribution is -0.585. The maximum absolute atomic E-state index is 11.6. The minimum Gasteiger partial charge on any atom is -0.710 e. The molecule has 0 fully saturated rings. The van der Waals surface area contributed by atoms with Gasteiger partial charge in [-0.15, -0.1) is 0 Å². The molecule has 0 bridgehead atoms. The number of nitrogens with zero attached hydrogens (tertiary/aromatic N) is 2. The average Bonchev–Trinajstić information content (AvgIpc) is 2.32. The van der Waals surface area contributed by atoms with E-state index in [1.807, 2.05) is 43.7 Å². The summed E-state index contributed by atoms with van der Waals surface area (Å²) in [5.74, 6) is 0.723. The van der Waals surface area contributed by atoms with Crippen molar-refractivity contribution in [1.29, 1.82) is 0 Å². The number of rotatable bonds is 0. The van der Waals surface area contributed by atoms with Gasteiger partial charge >= 0.3 is 0 Å². The molecule has 0 saturated heterocycles. The molecule has 0 atom stereocenters. The molecule has 1 heterocycles. The van der Waals surface area contributed by atoms with Gasteiger partial charge in [-0.1, -0.05) is 6.07 Å². The minimum absolute atomic E-state index is 0.723. The Hall–Kier alpha value is -1.51. The second kappa shape index (κ2) is 2.49. The van der Waals surface area contributed by atoms with Crippen LogP contribution in [0.1, 0.15) is 11.4 Å². The molecule has 0 aliphatic heterocycles. The maximum Gasteiger partial charge on any atom is 0.257 e. The van der Waals surface area contributed by atoms with E-state index < -0.39 is 0 Å². The molecule has 13 heavy (non-hydrogen) atoms. The van der Waals surface area contributed by atoms with Gasteiger partial charge in [0.15, 0.2) is 11.0 Å². The molecule has 1 aromatic carbocycles. The molecule has 2 rings (SSSR count). The Morgan fingerprint density at radius 1 is 1.31 bits per heavy atom. The van der Waals surface area contributed by atoms with Crippen LogP contribution < -0.4 is 4.73 Å². The molecule has 0 spiro atoms. The highest BCUT2D eigenvalue weighted by Crippen LogP contribution is 2.13. The van der Waals surface area contributed by atoms with E-state index in [2.05, 4.69) is 0 Å². The van der Waals surface area contributed by atoms with E-state index in [9.17, 15) is 5.21 Å². The highest BCUT2D eigenvalue weighted by atomic mass is 16.5.